The topological polar surface area (TPSA) is 20.2 Å². The van der Waals surface area contributed by atoms with Crippen molar-refractivity contribution in [3.8, 4) is 5.75 Å². The minimum absolute atomic E-state index is 0.0910. The molecule has 1 unspecified atom stereocenters. The zero-order valence-electron chi connectivity index (χ0n) is 11.4. The Hall–Kier alpha value is -1.05. The van der Waals surface area contributed by atoms with Crippen molar-refractivity contribution in [2.24, 2.45) is 11.3 Å². The third kappa shape index (κ3) is 3.72. The van der Waals surface area contributed by atoms with Crippen LogP contribution in [-0.4, -0.2) is 5.11 Å². The number of hydrogen-bond donors (Lipinski definition) is 1. The van der Waals surface area contributed by atoms with Gasteiger partial charge in [-0.3, -0.25) is 0 Å². The van der Waals surface area contributed by atoms with Crippen molar-refractivity contribution < 1.29 is 9.50 Å². The van der Waals surface area contributed by atoms with Crippen LogP contribution in [0.5, 0.6) is 5.75 Å². The van der Waals surface area contributed by atoms with E-state index in [0.29, 0.717) is 11.8 Å². The molecule has 1 N–H and O–H groups in total. The highest BCUT2D eigenvalue weighted by Crippen LogP contribution is 2.40. The molecule has 1 atom stereocenters. The van der Waals surface area contributed by atoms with Crippen molar-refractivity contribution >= 4 is 0 Å². The lowest BCUT2D eigenvalue weighted by molar-refractivity contribution is 0.279. The van der Waals surface area contributed by atoms with Gasteiger partial charge >= 0.3 is 0 Å². The largest absolute Gasteiger partial charge is 0.505 e. The molecule has 1 rings (SSSR count). The molecule has 96 valence electrons. The average molecular weight is 238 g/mol. The van der Waals surface area contributed by atoms with Crippen molar-refractivity contribution in [2.75, 3.05) is 0 Å². The molecule has 0 aromatic heterocycles. The molecule has 0 saturated carbocycles. The van der Waals surface area contributed by atoms with Crippen molar-refractivity contribution in [2.45, 2.75) is 47.0 Å². The normalized spacial score (nSPS) is 14.1. The third-order valence-corrected chi connectivity index (χ3v) is 3.13. The van der Waals surface area contributed by atoms with Gasteiger partial charge < -0.3 is 5.11 Å². The molecule has 0 amide bonds. The molecule has 1 aromatic carbocycles. The van der Waals surface area contributed by atoms with E-state index in [0.717, 1.165) is 12.0 Å². The number of hydrogen-bond acceptors (Lipinski definition) is 1. The molecule has 0 aliphatic heterocycles. The molecule has 1 aromatic rings. The molecular formula is C15H23FO. The monoisotopic (exact) mass is 238 g/mol. The summed E-state index contributed by atoms with van der Waals surface area (Å²) in [5.74, 6) is 0.0696. The lowest BCUT2D eigenvalue weighted by atomic mass is 9.72. The fourth-order valence-corrected chi connectivity index (χ4v) is 2.20. The first kappa shape index (κ1) is 14.0. The maximum absolute atomic E-state index is 13.4. The van der Waals surface area contributed by atoms with Crippen LogP contribution in [0.25, 0.3) is 0 Å². The molecule has 2 heteroatoms. The highest BCUT2D eigenvalue weighted by atomic mass is 19.1. The van der Waals surface area contributed by atoms with Gasteiger partial charge in [-0.15, -0.1) is 0 Å². The molecule has 0 saturated heterocycles. The molecular weight excluding hydrogens is 215 g/mol. The first-order chi connectivity index (χ1) is 7.71. The van der Waals surface area contributed by atoms with Gasteiger partial charge in [-0.1, -0.05) is 40.7 Å². The van der Waals surface area contributed by atoms with E-state index in [9.17, 15) is 9.50 Å². The Balaban J connectivity index is 3.09. The van der Waals surface area contributed by atoms with Gasteiger partial charge in [-0.2, -0.15) is 0 Å². The Morgan fingerprint density at radius 3 is 2.24 bits per heavy atom. The van der Waals surface area contributed by atoms with Crippen molar-refractivity contribution in [3.05, 3.63) is 29.6 Å². The molecule has 0 bridgehead atoms. The Bertz CT molecular complexity index is 377. The average Bonchev–Trinajstić information content (AvgIpc) is 2.17. The van der Waals surface area contributed by atoms with Crippen molar-refractivity contribution in [1.29, 1.82) is 0 Å². The van der Waals surface area contributed by atoms with E-state index >= 15 is 0 Å². The molecule has 0 radical (unpaired) electrons. The molecule has 0 aliphatic rings. The van der Waals surface area contributed by atoms with Crippen LogP contribution in [0.2, 0.25) is 0 Å². The first-order valence-electron chi connectivity index (χ1n) is 6.20. The number of rotatable bonds is 3. The second kappa shape index (κ2) is 5.07. The number of phenols is 1. The Kier molecular flexibility index (Phi) is 4.18. The van der Waals surface area contributed by atoms with Gasteiger partial charge in [-0.05, 0) is 41.4 Å². The quantitative estimate of drug-likeness (QED) is 0.808. The summed E-state index contributed by atoms with van der Waals surface area (Å²) in [6, 6.07) is 4.74. The summed E-state index contributed by atoms with van der Waals surface area (Å²) in [7, 11) is 0. The molecule has 0 aliphatic carbocycles. The zero-order chi connectivity index (χ0) is 13.2. The standard InChI is InChI=1S/C15H23FO/c1-10(2)8-12(15(3,4)5)11-6-7-14(17)13(16)9-11/h6-7,9-10,12,17H,8H2,1-5H3. The predicted octanol–water partition coefficient (Wildman–Crippen LogP) is 4.71. The van der Waals surface area contributed by atoms with E-state index in [4.69, 9.17) is 0 Å². The highest BCUT2D eigenvalue weighted by molar-refractivity contribution is 5.31. The van der Waals surface area contributed by atoms with E-state index in [2.05, 4.69) is 34.6 Å². The fraction of sp³-hybridized carbons (Fsp3) is 0.600. The summed E-state index contributed by atoms with van der Waals surface area (Å²) < 4.78 is 13.4. The lowest BCUT2D eigenvalue weighted by Gasteiger charge is -2.32. The molecule has 0 fully saturated rings. The maximum atomic E-state index is 13.4. The van der Waals surface area contributed by atoms with Crippen LogP contribution in [0.1, 0.15) is 52.5 Å². The van der Waals surface area contributed by atoms with Crippen LogP contribution in [0.15, 0.2) is 18.2 Å². The van der Waals surface area contributed by atoms with Gasteiger partial charge in [0, 0.05) is 0 Å². The predicted molar refractivity (Wildman–Crippen MR) is 69.7 cm³/mol. The minimum atomic E-state index is -0.527. The Morgan fingerprint density at radius 1 is 1.24 bits per heavy atom. The Labute approximate surface area is 104 Å². The van der Waals surface area contributed by atoms with Crippen LogP contribution in [0.4, 0.5) is 4.39 Å². The van der Waals surface area contributed by atoms with E-state index in [1.54, 1.807) is 0 Å². The maximum Gasteiger partial charge on any atom is 0.165 e. The van der Waals surface area contributed by atoms with Gasteiger partial charge in [0.1, 0.15) is 0 Å². The summed E-state index contributed by atoms with van der Waals surface area (Å²) >= 11 is 0. The van der Waals surface area contributed by atoms with E-state index in [-0.39, 0.29) is 11.2 Å². The minimum Gasteiger partial charge on any atom is -0.505 e. The zero-order valence-corrected chi connectivity index (χ0v) is 11.4. The second-order valence-electron chi connectivity index (χ2n) is 6.26. The summed E-state index contributed by atoms with van der Waals surface area (Å²) in [6.07, 6.45) is 1.02. The van der Waals surface area contributed by atoms with Crippen LogP contribution in [0.3, 0.4) is 0 Å². The SMILES string of the molecule is CC(C)CC(c1ccc(O)c(F)c1)C(C)(C)C. The summed E-state index contributed by atoms with van der Waals surface area (Å²) in [4.78, 5) is 0. The highest BCUT2D eigenvalue weighted by Gasteiger charge is 2.27. The van der Waals surface area contributed by atoms with Gasteiger partial charge in [0.05, 0.1) is 0 Å². The first-order valence-corrected chi connectivity index (χ1v) is 6.20. The second-order valence-corrected chi connectivity index (χ2v) is 6.26. The number of benzene rings is 1. The van der Waals surface area contributed by atoms with Crippen molar-refractivity contribution in [3.63, 3.8) is 0 Å². The Morgan fingerprint density at radius 2 is 1.82 bits per heavy atom. The third-order valence-electron chi connectivity index (χ3n) is 3.13. The molecule has 0 heterocycles. The number of phenolic OH excluding ortho intramolecular Hbond substituents is 1. The van der Waals surface area contributed by atoms with Gasteiger partial charge in [0.25, 0.3) is 0 Å². The van der Waals surface area contributed by atoms with Crippen LogP contribution in [-0.2, 0) is 0 Å². The van der Waals surface area contributed by atoms with Gasteiger partial charge in [-0.25, -0.2) is 4.39 Å². The van der Waals surface area contributed by atoms with Gasteiger partial charge in [0.2, 0.25) is 0 Å². The molecule has 1 nitrogen and oxygen atoms in total. The summed E-state index contributed by atoms with van der Waals surface area (Å²) in [6.45, 7) is 10.9. The summed E-state index contributed by atoms with van der Waals surface area (Å²) in [5.41, 5.74) is 1.06. The van der Waals surface area contributed by atoms with E-state index in [1.165, 1.54) is 12.1 Å². The van der Waals surface area contributed by atoms with E-state index < -0.39 is 5.82 Å². The van der Waals surface area contributed by atoms with E-state index in [1.807, 2.05) is 6.07 Å². The van der Waals surface area contributed by atoms with Gasteiger partial charge in [0.15, 0.2) is 11.6 Å². The summed E-state index contributed by atoms with van der Waals surface area (Å²) in [5, 5.41) is 9.24. The number of halogens is 1. The van der Waals surface area contributed by atoms with Crippen LogP contribution < -0.4 is 0 Å². The fourth-order valence-electron chi connectivity index (χ4n) is 2.20. The van der Waals surface area contributed by atoms with Crippen molar-refractivity contribution in [1.82, 2.24) is 0 Å². The van der Waals surface area contributed by atoms with Crippen LogP contribution >= 0.6 is 0 Å². The lowest BCUT2D eigenvalue weighted by Crippen LogP contribution is -2.20. The molecule has 0 spiro atoms. The number of aromatic hydroxyl groups is 1. The smallest absolute Gasteiger partial charge is 0.165 e. The molecule has 17 heavy (non-hydrogen) atoms. The van der Waals surface area contributed by atoms with Crippen LogP contribution in [0, 0.1) is 17.2 Å².